The minimum absolute atomic E-state index is 0. The molecule has 2 aromatic rings. The zero-order chi connectivity index (χ0) is 11.5. The molecule has 1 heterocycles. The first-order valence-electron chi connectivity index (χ1n) is 4.70. The number of pyridine rings is 1. The second kappa shape index (κ2) is 5.82. The monoisotopic (exact) mass is 238 g/mol. The molecule has 0 saturated heterocycles. The normalized spacial score (nSPS) is 9.41. The van der Waals surface area contributed by atoms with Crippen LogP contribution in [0.15, 0.2) is 53.5 Å². The van der Waals surface area contributed by atoms with E-state index in [9.17, 15) is 9.59 Å². The molecule has 0 fully saturated rings. The molecule has 0 aliphatic heterocycles. The summed E-state index contributed by atoms with van der Waals surface area (Å²) in [5.41, 5.74) is 0.482. The second-order valence-corrected chi connectivity index (χ2v) is 3.27. The predicted molar refractivity (Wildman–Crippen MR) is 64.8 cm³/mol. The third-order valence-electron chi connectivity index (χ3n) is 2.19. The van der Waals surface area contributed by atoms with Crippen molar-refractivity contribution in [3.8, 4) is 5.69 Å². The number of benzene rings is 1. The number of hydrogen-bond acceptors (Lipinski definition) is 2. The molecule has 0 amide bonds. The van der Waals surface area contributed by atoms with Crippen LogP contribution in [0.5, 0.6) is 0 Å². The van der Waals surface area contributed by atoms with E-state index in [0.717, 1.165) is 0 Å². The number of carboxylic acid groups (broad SMARTS) is 1. The fourth-order valence-corrected chi connectivity index (χ4v) is 1.40. The van der Waals surface area contributed by atoms with Gasteiger partial charge in [-0.25, -0.2) is 4.79 Å². The van der Waals surface area contributed by atoms with Gasteiger partial charge in [-0.2, -0.15) is 0 Å². The summed E-state index contributed by atoms with van der Waals surface area (Å²) in [4.78, 5) is 22.3. The molecule has 81 valence electrons. The Labute approximate surface area is 120 Å². The summed E-state index contributed by atoms with van der Waals surface area (Å²) in [5, 5.41) is 8.83. The summed E-state index contributed by atoms with van der Waals surface area (Å²) in [6.45, 7) is 0. The maximum absolute atomic E-state index is 11.6. The number of carbonyl (C=O) groups is 1. The molecule has 0 atom stereocenters. The number of hydrogen-bond donors (Lipinski definition) is 1. The molecule has 4 nitrogen and oxygen atoms in total. The molecular formula is C12H9NNaO3. The predicted octanol–water partition coefficient (Wildman–Crippen LogP) is 1.15. The van der Waals surface area contributed by atoms with E-state index in [1.165, 1.54) is 22.9 Å². The summed E-state index contributed by atoms with van der Waals surface area (Å²) >= 11 is 0. The van der Waals surface area contributed by atoms with E-state index in [1.807, 2.05) is 6.07 Å². The molecule has 1 radical (unpaired) electrons. The molecule has 0 aliphatic carbocycles. The van der Waals surface area contributed by atoms with Gasteiger partial charge in [-0.1, -0.05) is 18.2 Å². The molecule has 1 aromatic carbocycles. The molecule has 0 unspecified atom stereocenters. The number of rotatable bonds is 2. The fourth-order valence-electron chi connectivity index (χ4n) is 1.40. The SMILES string of the molecule is O=C(O)c1ccc(=O)n(-c2ccccc2)c1.[Na]. The van der Waals surface area contributed by atoms with E-state index in [4.69, 9.17) is 5.11 Å². The first-order valence-corrected chi connectivity index (χ1v) is 4.70. The van der Waals surface area contributed by atoms with Gasteiger partial charge in [0.15, 0.2) is 0 Å². The zero-order valence-corrected chi connectivity index (χ0v) is 11.3. The van der Waals surface area contributed by atoms with Crippen LogP contribution in [0.1, 0.15) is 10.4 Å². The smallest absolute Gasteiger partial charge is 0.337 e. The van der Waals surface area contributed by atoms with Crippen molar-refractivity contribution in [2.75, 3.05) is 0 Å². The summed E-state index contributed by atoms with van der Waals surface area (Å²) in [6.07, 6.45) is 1.32. The molecule has 0 bridgehead atoms. The van der Waals surface area contributed by atoms with Crippen LogP contribution in [0.3, 0.4) is 0 Å². The Morgan fingerprint density at radius 2 is 1.71 bits per heavy atom. The number of aromatic nitrogens is 1. The number of nitrogens with zero attached hydrogens (tertiary/aromatic N) is 1. The fraction of sp³-hybridized carbons (Fsp3) is 0. The van der Waals surface area contributed by atoms with Gasteiger partial charge in [0.25, 0.3) is 5.56 Å². The van der Waals surface area contributed by atoms with E-state index in [2.05, 4.69) is 0 Å². The van der Waals surface area contributed by atoms with Crippen molar-refractivity contribution in [1.29, 1.82) is 0 Å². The Morgan fingerprint density at radius 1 is 1.06 bits per heavy atom. The Hall–Kier alpha value is -1.36. The van der Waals surface area contributed by atoms with Gasteiger partial charge in [-0.3, -0.25) is 9.36 Å². The Balaban J connectivity index is 0.00000144. The minimum Gasteiger partial charge on any atom is -0.478 e. The minimum atomic E-state index is -1.05. The van der Waals surface area contributed by atoms with Crippen molar-refractivity contribution in [2.45, 2.75) is 0 Å². The van der Waals surface area contributed by atoms with Crippen LogP contribution in [-0.4, -0.2) is 45.2 Å². The van der Waals surface area contributed by atoms with Gasteiger partial charge in [-0.15, -0.1) is 0 Å². The van der Waals surface area contributed by atoms with E-state index >= 15 is 0 Å². The van der Waals surface area contributed by atoms with E-state index in [-0.39, 0.29) is 40.7 Å². The van der Waals surface area contributed by atoms with Crippen LogP contribution >= 0.6 is 0 Å². The molecule has 1 aromatic heterocycles. The molecule has 17 heavy (non-hydrogen) atoms. The van der Waals surface area contributed by atoms with E-state index in [1.54, 1.807) is 24.3 Å². The molecule has 0 spiro atoms. The van der Waals surface area contributed by atoms with Gasteiger partial charge in [0.2, 0.25) is 0 Å². The summed E-state index contributed by atoms with van der Waals surface area (Å²) in [6, 6.07) is 11.4. The van der Waals surface area contributed by atoms with Crippen LogP contribution in [-0.2, 0) is 0 Å². The zero-order valence-electron chi connectivity index (χ0n) is 9.33. The van der Waals surface area contributed by atoms with Crippen molar-refractivity contribution < 1.29 is 9.90 Å². The van der Waals surface area contributed by atoms with Gasteiger partial charge in [-0.05, 0) is 18.2 Å². The summed E-state index contributed by atoms with van der Waals surface area (Å²) in [5.74, 6) is -1.05. The van der Waals surface area contributed by atoms with Gasteiger partial charge in [0.1, 0.15) is 0 Å². The largest absolute Gasteiger partial charge is 0.478 e. The van der Waals surface area contributed by atoms with Gasteiger partial charge in [0.05, 0.1) is 5.56 Å². The van der Waals surface area contributed by atoms with Crippen LogP contribution in [0.4, 0.5) is 0 Å². The van der Waals surface area contributed by atoms with E-state index < -0.39 is 5.97 Å². The van der Waals surface area contributed by atoms with Crippen LogP contribution in [0.2, 0.25) is 0 Å². The van der Waals surface area contributed by atoms with E-state index in [0.29, 0.717) is 5.69 Å². The quantitative estimate of drug-likeness (QED) is 0.798. The first-order chi connectivity index (χ1) is 7.68. The third kappa shape index (κ3) is 3.06. The Morgan fingerprint density at radius 3 is 2.29 bits per heavy atom. The Kier molecular flexibility index (Phi) is 4.69. The standard InChI is InChI=1S/C12H9NO3.Na/c14-11-7-6-9(12(15)16)8-13(11)10-4-2-1-3-5-10;/h1-8H,(H,15,16);. The molecule has 2 rings (SSSR count). The number of para-hydroxylation sites is 1. The second-order valence-electron chi connectivity index (χ2n) is 3.27. The van der Waals surface area contributed by atoms with Crippen LogP contribution in [0, 0.1) is 0 Å². The maximum Gasteiger partial charge on any atom is 0.337 e. The average Bonchev–Trinajstić information content (AvgIpc) is 2.30. The third-order valence-corrected chi connectivity index (χ3v) is 2.19. The molecule has 0 saturated carbocycles. The van der Waals surface area contributed by atoms with Gasteiger partial charge < -0.3 is 5.11 Å². The van der Waals surface area contributed by atoms with Crippen molar-refractivity contribution in [2.24, 2.45) is 0 Å². The van der Waals surface area contributed by atoms with Crippen molar-refractivity contribution in [3.05, 3.63) is 64.6 Å². The Bertz CT molecular complexity index is 578. The van der Waals surface area contributed by atoms with Crippen molar-refractivity contribution in [1.82, 2.24) is 4.57 Å². The van der Waals surface area contributed by atoms with Crippen molar-refractivity contribution in [3.63, 3.8) is 0 Å². The summed E-state index contributed by atoms with van der Waals surface area (Å²) < 4.78 is 1.31. The van der Waals surface area contributed by atoms with Crippen molar-refractivity contribution >= 4 is 35.5 Å². The molecular weight excluding hydrogens is 229 g/mol. The molecule has 5 heteroatoms. The van der Waals surface area contributed by atoms with Crippen LogP contribution < -0.4 is 5.56 Å². The van der Waals surface area contributed by atoms with Gasteiger partial charge in [0, 0.05) is 47.5 Å². The van der Waals surface area contributed by atoms with Crippen LogP contribution in [0.25, 0.3) is 5.69 Å². The topological polar surface area (TPSA) is 59.3 Å². The molecule has 1 N–H and O–H groups in total. The average molecular weight is 238 g/mol. The molecule has 0 aliphatic rings. The first kappa shape index (κ1) is 13.7. The summed E-state index contributed by atoms with van der Waals surface area (Å²) in [7, 11) is 0. The van der Waals surface area contributed by atoms with Gasteiger partial charge >= 0.3 is 5.97 Å². The maximum atomic E-state index is 11.6. The number of aromatic carboxylic acids is 1. The number of carboxylic acids is 1.